The number of ether oxygens (including phenoxy) is 1. The molecule has 0 saturated carbocycles. The van der Waals surface area contributed by atoms with Crippen LogP contribution < -0.4 is 5.32 Å². The number of aromatic nitrogens is 1. The standard InChI is InChI=1S/C15H13FN2O3S/c1-2-7-17-15-18-12(9-22-15)14(20)21-8-13(19)10-3-5-11(16)6-4-10/h2-6,9H,1,7-8H2,(H,17,18). The maximum absolute atomic E-state index is 12.8. The first-order valence-corrected chi connectivity index (χ1v) is 7.24. The van der Waals surface area contributed by atoms with Gasteiger partial charge in [-0.25, -0.2) is 14.2 Å². The summed E-state index contributed by atoms with van der Waals surface area (Å²) in [5.74, 6) is -1.53. The SMILES string of the molecule is C=CCNc1nc(C(=O)OCC(=O)c2ccc(F)cc2)cs1. The minimum Gasteiger partial charge on any atom is -0.453 e. The predicted octanol–water partition coefficient (Wildman–Crippen LogP) is 2.92. The van der Waals surface area contributed by atoms with Crippen LogP contribution in [-0.4, -0.2) is 29.9 Å². The Bertz CT molecular complexity index is 682. The highest BCUT2D eigenvalue weighted by Crippen LogP contribution is 2.16. The van der Waals surface area contributed by atoms with Crippen molar-refractivity contribution < 1.29 is 18.7 Å². The fraction of sp³-hybridized carbons (Fsp3) is 0.133. The Morgan fingerprint density at radius 1 is 1.36 bits per heavy atom. The molecule has 1 aromatic carbocycles. The summed E-state index contributed by atoms with van der Waals surface area (Å²) in [4.78, 5) is 27.6. The highest BCUT2D eigenvalue weighted by molar-refractivity contribution is 7.13. The first-order chi connectivity index (χ1) is 10.6. The van der Waals surface area contributed by atoms with Crippen molar-refractivity contribution in [1.82, 2.24) is 4.98 Å². The van der Waals surface area contributed by atoms with E-state index in [9.17, 15) is 14.0 Å². The molecular weight excluding hydrogens is 307 g/mol. The van der Waals surface area contributed by atoms with Gasteiger partial charge >= 0.3 is 5.97 Å². The van der Waals surface area contributed by atoms with Crippen molar-refractivity contribution in [2.24, 2.45) is 0 Å². The number of ketones is 1. The second-order valence-corrected chi connectivity index (χ2v) is 5.07. The van der Waals surface area contributed by atoms with Crippen LogP contribution in [0.25, 0.3) is 0 Å². The fourth-order valence-corrected chi connectivity index (χ4v) is 2.22. The van der Waals surface area contributed by atoms with E-state index < -0.39 is 24.2 Å². The van der Waals surface area contributed by atoms with Gasteiger partial charge in [-0.2, -0.15) is 0 Å². The van der Waals surface area contributed by atoms with Gasteiger partial charge in [0.25, 0.3) is 0 Å². The van der Waals surface area contributed by atoms with Gasteiger partial charge in [0.05, 0.1) is 0 Å². The van der Waals surface area contributed by atoms with Crippen LogP contribution in [0.5, 0.6) is 0 Å². The summed E-state index contributed by atoms with van der Waals surface area (Å²) in [6.45, 7) is 3.68. The van der Waals surface area contributed by atoms with E-state index >= 15 is 0 Å². The number of Topliss-reactive ketones (excluding diaryl/α,β-unsaturated/α-hetero) is 1. The number of anilines is 1. The molecule has 0 aliphatic carbocycles. The zero-order valence-corrected chi connectivity index (χ0v) is 12.4. The molecule has 1 heterocycles. The molecule has 2 rings (SSSR count). The number of hydrogen-bond acceptors (Lipinski definition) is 6. The Kier molecular flexibility index (Phi) is 5.37. The van der Waals surface area contributed by atoms with Crippen LogP contribution in [0.4, 0.5) is 9.52 Å². The van der Waals surface area contributed by atoms with E-state index in [1.165, 1.54) is 41.0 Å². The maximum atomic E-state index is 12.8. The summed E-state index contributed by atoms with van der Waals surface area (Å²) in [6, 6.07) is 5.03. The molecular formula is C15H13FN2O3S. The van der Waals surface area contributed by atoms with Crippen molar-refractivity contribution >= 4 is 28.2 Å². The maximum Gasteiger partial charge on any atom is 0.358 e. The predicted molar refractivity (Wildman–Crippen MR) is 81.8 cm³/mol. The highest BCUT2D eigenvalue weighted by Gasteiger charge is 2.15. The van der Waals surface area contributed by atoms with Crippen LogP contribution in [-0.2, 0) is 4.74 Å². The van der Waals surface area contributed by atoms with Crippen LogP contribution >= 0.6 is 11.3 Å². The van der Waals surface area contributed by atoms with Gasteiger partial charge in [0.2, 0.25) is 0 Å². The molecule has 5 nitrogen and oxygen atoms in total. The summed E-state index contributed by atoms with van der Waals surface area (Å²) in [6.07, 6.45) is 1.67. The van der Waals surface area contributed by atoms with E-state index in [0.717, 1.165) is 0 Å². The molecule has 114 valence electrons. The average molecular weight is 320 g/mol. The first kappa shape index (κ1) is 15.8. The third-order valence-corrected chi connectivity index (χ3v) is 3.41. The van der Waals surface area contributed by atoms with Crippen molar-refractivity contribution in [2.75, 3.05) is 18.5 Å². The Labute approximate surface area is 130 Å². The van der Waals surface area contributed by atoms with Crippen molar-refractivity contribution in [3.8, 4) is 0 Å². The van der Waals surface area contributed by atoms with E-state index in [4.69, 9.17) is 4.74 Å². The number of rotatable bonds is 7. The lowest BCUT2D eigenvalue weighted by Gasteiger charge is -2.02. The summed E-state index contributed by atoms with van der Waals surface area (Å²) in [5, 5.41) is 5.05. The van der Waals surface area contributed by atoms with E-state index in [1.54, 1.807) is 6.08 Å². The van der Waals surface area contributed by atoms with Crippen LogP contribution in [0.15, 0.2) is 42.3 Å². The van der Waals surface area contributed by atoms with Crippen LogP contribution in [0, 0.1) is 5.82 Å². The monoisotopic (exact) mass is 320 g/mol. The van der Waals surface area contributed by atoms with Crippen molar-refractivity contribution in [1.29, 1.82) is 0 Å². The number of nitrogens with zero attached hydrogens (tertiary/aromatic N) is 1. The first-order valence-electron chi connectivity index (χ1n) is 6.36. The van der Waals surface area contributed by atoms with Crippen LogP contribution in [0.1, 0.15) is 20.8 Å². The average Bonchev–Trinajstić information content (AvgIpc) is 3.00. The van der Waals surface area contributed by atoms with Crippen molar-refractivity contribution in [3.05, 3.63) is 59.4 Å². The smallest absolute Gasteiger partial charge is 0.358 e. The molecule has 0 atom stereocenters. The van der Waals surface area contributed by atoms with E-state index in [-0.39, 0.29) is 11.3 Å². The normalized spacial score (nSPS) is 10.0. The molecule has 0 bridgehead atoms. The van der Waals surface area contributed by atoms with Crippen molar-refractivity contribution in [3.63, 3.8) is 0 Å². The summed E-state index contributed by atoms with van der Waals surface area (Å²) >= 11 is 1.25. The molecule has 1 N–H and O–H groups in total. The number of thiazole rings is 1. The van der Waals surface area contributed by atoms with Crippen molar-refractivity contribution in [2.45, 2.75) is 0 Å². The largest absolute Gasteiger partial charge is 0.453 e. The summed E-state index contributed by atoms with van der Waals surface area (Å²) in [7, 11) is 0. The molecule has 0 radical (unpaired) electrons. The minimum atomic E-state index is -0.682. The van der Waals surface area contributed by atoms with Crippen LogP contribution in [0.2, 0.25) is 0 Å². The number of esters is 1. The molecule has 2 aromatic rings. The Morgan fingerprint density at radius 2 is 2.09 bits per heavy atom. The molecule has 0 saturated heterocycles. The quantitative estimate of drug-likeness (QED) is 0.482. The lowest BCUT2D eigenvalue weighted by molar-refractivity contribution is 0.0470. The van der Waals surface area contributed by atoms with Gasteiger partial charge in [0.15, 0.2) is 23.2 Å². The Balaban J connectivity index is 1.89. The minimum absolute atomic E-state index is 0.128. The Hall–Kier alpha value is -2.54. The third kappa shape index (κ3) is 4.23. The van der Waals surface area contributed by atoms with E-state index in [0.29, 0.717) is 11.7 Å². The molecule has 0 unspecified atom stereocenters. The number of hydrogen-bond donors (Lipinski definition) is 1. The molecule has 0 amide bonds. The molecule has 22 heavy (non-hydrogen) atoms. The fourth-order valence-electron chi connectivity index (χ4n) is 1.53. The van der Waals surface area contributed by atoms with Gasteiger partial charge in [-0.05, 0) is 24.3 Å². The summed E-state index contributed by atoms with van der Waals surface area (Å²) < 4.78 is 17.7. The van der Waals surface area contributed by atoms with Gasteiger partial charge in [-0.3, -0.25) is 4.79 Å². The zero-order valence-electron chi connectivity index (χ0n) is 11.5. The molecule has 0 spiro atoms. The number of benzene rings is 1. The zero-order chi connectivity index (χ0) is 15.9. The highest BCUT2D eigenvalue weighted by atomic mass is 32.1. The van der Waals surface area contributed by atoms with Gasteiger partial charge in [-0.1, -0.05) is 6.08 Å². The molecule has 1 aromatic heterocycles. The molecule has 7 heteroatoms. The van der Waals surface area contributed by atoms with Gasteiger partial charge in [0.1, 0.15) is 5.82 Å². The lowest BCUT2D eigenvalue weighted by Crippen LogP contribution is -2.14. The van der Waals surface area contributed by atoms with Gasteiger partial charge in [0, 0.05) is 17.5 Å². The third-order valence-electron chi connectivity index (χ3n) is 2.61. The number of carbonyl (C=O) groups is 2. The van der Waals surface area contributed by atoms with E-state index in [2.05, 4.69) is 16.9 Å². The van der Waals surface area contributed by atoms with Gasteiger partial charge < -0.3 is 10.1 Å². The molecule has 0 aliphatic rings. The van der Waals surface area contributed by atoms with Crippen LogP contribution in [0.3, 0.4) is 0 Å². The molecule has 0 aliphatic heterocycles. The van der Waals surface area contributed by atoms with E-state index in [1.807, 2.05) is 0 Å². The summed E-state index contributed by atoms with van der Waals surface area (Å²) in [5.41, 5.74) is 0.407. The second-order valence-electron chi connectivity index (χ2n) is 4.21. The second kappa shape index (κ2) is 7.46. The number of halogens is 1. The number of nitrogens with one attached hydrogen (secondary N) is 1. The topological polar surface area (TPSA) is 68.3 Å². The van der Waals surface area contributed by atoms with Gasteiger partial charge in [-0.15, -0.1) is 17.9 Å². The molecule has 0 fully saturated rings. The Morgan fingerprint density at radius 3 is 2.77 bits per heavy atom. The lowest BCUT2D eigenvalue weighted by atomic mass is 10.1. The number of carbonyl (C=O) groups excluding carboxylic acids is 2.